The highest BCUT2D eigenvalue weighted by Gasteiger charge is 2.19. The summed E-state index contributed by atoms with van der Waals surface area (Å²) in [6, 6.07) is 3.96. The molecule has 1 aromatic rings. The van der Waals surface area contributed by atoms with Crippen molar-refractivity contribution in [3.8, 4) is 6.07 Å². The van der Waals surface area contributed by atoms with Gasteiger partial charge in [0, 0.05) is 18.1 Å². The highest BCUT2D eigenvalue weighted by atomic mass is 35.5. The van der Waals surface area contributed by atoms with E-state index in [1.54, 1.807) is 6.92 Å². The molecule has 0 spiro atoms. The molecule has 2 amide bonds. The fraction of sp³-hybridized carbons (Fsp3) is 0.308. The fourth-order valence-electron chi connectivity index (χ4n) is 1.64. The molecule has 0 saturated carbocycles. The highest BCUT2D eigenvalue weighted by molar-refractivity contribution is 6.37. The van der Waals surface area contributed by atoms with Crippen LogP contribution in [0.4, 0.5) is 10.5 Å². The lowest BCUT2D eigenvalue weighted by Gasteiger charge is -2.21. The van der Waals surface area contributed by atoms with E-state index in [1.807, 2.05) is 6.07 Å². The number of nitrogens with zero attached hydrogens (tertiary/aromatic N) is 2. The van der Waals surface area contributed by atoms with Gasteiger partial charge in [0.05, 0.1) is 28.8 Å². The van der Waals surface area contributed by atoms with Gasteiger partial charge in [-0.15, -0.1) is 0 Å². The Bertz CT molecular complexity index is 599. The first-order chi connectivity index (χ1) is 9.90. The van der Waals surface area contributed by atoms with Crippen molar-refractivity contribution in [3.05, 3.63) is 27.7 Å². The third kappa shape index (κ3) is 4.52. The smallest absolute Gasteiger partial charge is 0.337 e. The van der Waals surface area contributed by atoms with Gasteiger partial charge in [-0.2, -0.15) is 5.26 Å². The molecule has 0 atom stereocenters. The number of urea groups is 1. The second-order valence-corrected chi connectivity index (χ2v) is 4.88. The molecular formula is C13H13Cl2N3O3. The molecule has 8 heteroatoms. The Labute approximate surface area is 131 Å². The number of hydrogen-bond acceptors (Lipinski definition) is 3. The molecule has 0 unspecified atom stereocenters. The molecule has 0 aromatic heterocycles. The van der Waals surface area contributed by atoms with Gasteiger partial charge in [0.2, 0.25) is 0 Å². The Morgan fingerprint density at radius 3 is 2.62 bits per heavy atom. The number of carboxylic acid groups (broad SMARTS) is 1. The van der Waals surface area contributed by atoms with E-state index >= 15 is 0 Å². The summed E-state index contributed by atoms with van der Waals surface area (Å²) in [5, 5.41) is 20.3. The Morgan fingerprint density at radius 1 is 1.43 bits per heavy atom. The van der Waals surface area contributed by atoms with Crippen molar-refractivity contribution >= 4 is 40.9 Å². The zero-order valence-electron chi connectivity index (χ0n) is 11.2. The van der Waals surface area contributed by atoms with Crippen LogP contribution in [0.1, 0.15) is 23.7 Å². The van der Waals surface area contributed by atoms with Gasteiger partial charge in [0.25, 0.3) is 0 Å². The summed E-state index contributed by atoms with van der Waals surface area (Å²) in [5.74, 6) is -1.25. The SMILES string of the molecule is CCN(CCC#N)C(=O)Nc1c(Cl)cc(Cl)cc1C(=O)O. The molecule has 112 valence electrons. The van der Waals surface area contributed by atoms with Crippen LogP contribution in [0.2, 0.25) is 10.0 Å². The largest absolute Gasteiger partial charge is 0.478 e. The van der Waals surface area contributed by atoms with Gasteiger partial charge in [-0.25, -0.2) is 9.59 Å². The number of aromatic carboxylic acids is 1. The Balaban J connectivity index is 3.04. The summed E-state index contributed by atoms with van der Waals surface area (Å²) >= 11 is 11.7. The molecular weight excluding hydrogens is 317 g/mol. The number of amides is 2. The molecule has 0 aliphatic heterocycles. The van der Waals surface area contributed by atoms with Crippen molar-refractivity contribution in [2.75, 3.05) is 18.4 Å². The molecule has 2 N–H and O–H groups in total. The van der Waals surface area contributed by atoms with E-state index in [9.17, 15) is 9.59 Å². The number of carbonyl (C=O) groups is 2. The number of carboxylic acids is 1. The van der Waals surface area contributed by atoms with Gasteiger partial charge in [-0.05, 0) is 19.1 Å². The summed E-state index contributed by atoms with van der Waals surface area (Å²) < 4.78 is 0. The zero-order chi connectivity index (χ0) is 16.0. The van der Waals surface area contributed by atoms with Gasteiger partial charge in [0.1, 0.15) is 0 Å². The average molecular weight is 330 g/mol. The number of anilines is 1. The Morgan fingerprint density at radius 2 is 2.10 bits per heavy atom. The second-order valence-electron chi connectivity index (χ2n) is 4.03. The van der Waals surface area contributed by atoms with Crippen molar-refractivity contribution < 1.29 is 14.7 Å². The normalized spacial score (nSPS) is 9.81. The predicted molar refractivity (Wildman–Crippen MR) is 79.9 cm³/mol. The lowest BCUT2D eigenvalue weighted by Crippen LogP contribution is -2.35. The molecule has 0 aliphatic rings. The summed E-state index contributed by atoms with van der Waals surface area (Å²) in [6.07, 6.45) is 0.182. The average Bonchev–Trinajstić information content (AvgIpc) is 2.42. The van der Waals surface area contributed by atoms with Crippen molar-refractivity contribution in [2.45, 2.75) is 13.3 Å². The van der Waals surface area contributed by atoms with E-state index in [2.05, 4.69) is 5.32 Å². The first-order valence-corrected chi connectivity index (χ1v) is 6.81. The summed E-state index contributed by atoms with van der Waals surface area (Å²) in [6.45, 7) is 2.37. The van der Waals surface area contributed by atoms with Crippen LogP contribution in [0.15, 0.2) is 12.1 Å². The number of carbonyl (C=O) groups excluding carboxylic acids is 1. The minimum absolute atomic E-state index is 0.0195. The van der Waals surface area contributed by atoms with E-state index in [1.165, 1.54) is 17.0 Å². The van der Waals surface area contributed by atoms with Gasteiger partial charge < -0.3 is 15.3 Å². The van der Waals surface area contributed by atoms with E-state index < -0.39 is 12.0 Å². The van der Waals surface area contributed by atoms with E-state index in [-0.39, 0.29) is 34.3 Å². The van der Waals surface area contributed by atoms with E-state index in [0.717, 1.165) is 0 Å². The van der Waals surface area contributed by atoms with Gasteiger partial charge in [0.15, 0.2) is 0 Å². The number of benzene rings is 1. The molecule has 1 aromatic carbocycles. The summed E-state index contributed by atoms with van der Waals surface area (Å²) in [4.78, 5) is 24.7. The van der Waals surface area contributed by atoms with Crippen molar-refractivity contribution in [3.63, 3.8) is 0 Å². The van der Waals surface area contributed by atoms with E-state index in [0.29, 0.717) is 6.54 Å². The van der Waals surface area contributed by atoms with Crippen LogP contribution in [0.3, 0.4) is 0 Å². The van der Waals surface area contributed by atoms with Crippen LogP contribution in [0.25, 0.3) is 0 Å². The van der Waals surface area contributed by atoms with Crippen LogP contribution >= 0.6 is 23.2 Å². The van der Waals surface area contributed by atoms with Crippen LogP contribution in [-0.2, 0) is 0 Å². The molecule has 0 fully saturated rings. The topological polar surface area (TPSA) is 93.4 Å². The maximum atomic E-state index is 12.1. The third-order valence-corrected chi connectivity index (χ3v) is 3.20. The molecule has 0 aliphatic carbocycles. The van der Waals surface area contributed by atoms with E-state index in [4.69, 9.17) is 33.6 Å². The van der Waals surface area contributed by atoms with Crippen LogP contribution < -0.4 is 5.32 Å². The number of nitriles is 1. The number of nitrogens with one attached hydrogen (secondary N) is 1. The molecule has 6 nitrogen and oxygen atoms in total. The van der Waals surface area contributed by atoms with Crippen LogP contribution in [0, 0.1) is 11.3 Å². The fourth-order valence-corrected chi connectivity index (χ4v) is 2.18. The lowest BCUT2D eigenvalue weighted by atomic mass is 10.2. The zero-order valence-corrected chi connectivity index (χ0v) is 12.7. The predicted octanol–water partition coefficient (Wildman–Crippen LogP) is 3.46. The number of hydrogen-bond donors (Lipinski definition) is 2. The number of rotatable bonds is 5. The molecule has 21 heavy (non-hydrogen) atoms. The summed E-state index contributed by atoms with van der Waals surface area (Å²) in [5.41, 5.74) is -0.217. The second kappa shape index (κ2) is 7.72. The molecule has 0 bridgehead atoms. The first-order valence-electron chi connectivity index (χ1n) is 6.05. The molecule has 1 rings (SSSR count). The maximum Gasteiger partial charge on any atom is 0.337 e. The van der Waals surface area contributed by atoms with Gasteiger partial charge >= 0.3 is 12.0 Å². The third-order valence-electron chi connectivity index (χ3n) is 2.68. The Kier molecular flexibility index (Phi) is 6.28. The molecule has 0 saturated heterocycles. The summed E-state index contributed by atoms with van der Waals surface area (Å²) in [7, 11) is 0. The monoisotopic (exact) mass is 329 g/mol. The highest BCUT2D eigenvalue weighted by Crippen LogP contribution is 2.30. The van der Waals surface area contributed by atoms with Crippen LogP contribution in [-0.4, -0.2) is 35.1 Å². The first kappa shape index (κ1) is 17.1. The van der Waals surface area contributed by atoms with Gasteiger partial charge in [-0.1, -0.05) is 23.2 Å². The standard InChI is InChI=1S/C13H13Cl2N3O3/c1-2-18(5-3-4-16)13(21)17-11-9(12(19)20)6-8(14)7-10(11)15/h6-7H,2-3,5H2,1H3,(H,17,21)(H,19,20). The molecule has 0 radical (unpaired) electrons. The minimum atomic E-state index is -1.25. The van der Waals surface area contributed by atoms with Crippen molar-refractivity contribution in [1.82, 2.24) is 4.90 Å². The Hall–Kier alpha value is -1.97. The number of halogens is 2. The van der Waals surface area contributed by atoms with Crippen molar-refractivity contribution in [1.29, 1.82) is 5.26 Å². The lowest BCUT2D eigenvalue weighted by molar-refractivity contribution is 0.0698. The molecule has 0 heterocycles. The maximum absolute atomic E-state index is 12.1. The quantitative estimate of drug-likeness (QED) is 0.864. The van der Waals surface area contributed by atoms with Crippen LogP contribution in [0.5, 0.6) is 0 Å². The van der Waals surface area contributed by atoms with Crippen molar-refractivity contribution in [2.24, 2.45) is 0 Å². The van der Waals surface area contributed by atoms with Gasteiger partial charge in [-0.3, -0.25) is 0 Å². The minimum Gasteiger partial charge on any atom is -0.478 e.